The zero-order valence-electron chi connectivity index (χ0n) is 13.8. The molecule has 0 bridgehead atoms. The van der Waals surface area contributed by atoms with E-state index in [0.29, 0.717) is 5.92 Å². The van der Waals surface area contributed by atoms with Crippen LogP contribution in [-0.4, -0.2) is 55.6 Å². The molecule has 5 heteroatoms. The fraction of sp³-hybridized carbons (Fsp3) is 0.733. The van der Waals surface area contributed by atoms with E-state index in [-0.39, 0.29) is 0 Å². The van der Waals surface area contributed by atoms with Crippen LogP contribution < -0.4 is 10.2 Å². The molecule has 1 heterocycles. The Bertz CT molecular complexity index is 403. The molecule has 1 N–H and O–H groups in total. The summed E-state index contributed by atoms with van der Waals surface area (Å²) in [5.41, 5.74) is 2.21. The summed E-state index contributed by atoms with van der Waals surface area (Å²) in [5, 5.41) is 3.36. The molecule has 0 spiro atoms. The molecular formula is C15H29N5. The maximum atomic E-state index is 4.73. The van der Waals surface area contributed by atoms with Crippen LogP contribution in [0.2, 0.25) is 0 Å². The Balaban J connectivity index is 2.91. The van der Waals surface area contributed by atoms with Gasteiger partial charge >= 0.3 is 0 Å². The van der Waals surface area contributed by atoms with E-state index in [1.165, 1.54) is 0 Å². The topological polar surface area (TPSA) is 44.3 Å². The van der Waals surface area contributed by atoms with Gasteiger partial charge in [-0.05, 0) is 20.6 Å². The van der Waals surface area contributed by atoms with Crippen molar-refractivity contribution in [2.75, 3.05) is 45.7 Å². The minimum absolute atomic E-state index is 0.358. The second-order valence-electron chi connectivity index (χ2n) is 5.72. The Kier molecular flexibility index (Phi) is 6.88. The van der Waals surface area contributed by atoms with E-state index >= 15 is 0 Å². The number of nitrogens with one attached hydrogen (secondary N) is 1. The van der Waals surface area contributed by atoms with Crippen LogP contribution >= 0.6 is 0 Å². The summed E-state index contributed by atoms with van der Waals surface area (Å²) in [6.45, 7) is 10.1. The van der Waals surface area contributed by atoms with Gasteiger partial charge in [0.25, 0.3) is 0 Å². The molecule has 0 aliphatic heterocycles. The van der Waals surface area contributed by atoms with Crippen molar-refractivity contribution >= 4 is 5.69 Å². The predicted molar refractivity (Wildman–Crippen MR) is 85.3 cm³/mol. The van der Waals surface area contributed by atoms with Gasteiger partial charge in [-0.25, -0.2) is 9.97 Å². The Hall–Kier alpha value is -1.20. The lowest BCUT2D eigenvalue weighted by atomic mass is 10.2. The SMILES string of the molecule is CCNCc1nc(C(C)C)ncc1N(C)CCN(C)C. The molecule has 1 aromatic rings. The van der Waals surface area contributed by atoms with E-state index in [4.69, 9.17) is 4.98 Å². The average Bonchev–Trinajstić information content (AvgIpc) is 2.42. The van der Waals surface area contributed by atoms with E-state index in [2.05, 4.69) is 62.0 Å². The maximum absolute atomic E-state index is 4.73. The van der Waals surface area contributed by atoms with Crippen LogP contribution in [0, 0.1) is 0 Å². The van der Waals surface area contributed by atoms with E-state index in [1.54, 1.807) is 0 Å². The van der Waals surface area contributed by atoms with Crippen molar-refractivity contribution in [3.05, 3.63) is 17.7 Å². The third-order valence-corrected chi connectivity index (χ3v) is 3.22. The normalized spacial score (nSPS) is 11.4. The molecule has 0 radical (unpaired) electrons. The summed E-state index contributed by atoms with van der Waals surface area (Å²) in [5.74, 6) is 1.28. The number of anilines is 1. The van der Waals surface area contributed by atoms with Crippen LogP contribution in [0.5, 0.6) is 0 Å². The molecule has 0 unspecified atom stereocenters. The molecule has 0 amide bonds. The lowest BCUT2D eigenvalue weighted by Crippen LogP contribution is -2.30. The standard InChI is InChI=1S/C15H29N5/c1-7-16-10-13-14(20(6)9-8-19(4)5)11-17-15(18-13)12(2)3/h11-12,16H,7-10H2,1-6H3. The Morgan fingerprint density at radius 2 is 1.90 bits per heavy atom. The molecule has 0 saturated carbocycles. The summed E-state index contributed by atoms with van der Waals surface area (Å²) in [7, 11) is 6.28. The summed E-state index contributed by atoms with van der Waals surface area (Å²) >= 11 is 0. The van der Waals surface area contributed by atoms with Gasteiger partial charge in [0, 0.05) is 32.6 Å². The van der Waals surface area contributed by atoms with Gasteiger partial charge in [0.2, 0.25) is 0 Å². The highest BCUT2D eigenvalue weighted by Gasteiger charge is 2.12. The summed E-state index contributed by atoms with van der Waals surface area (Å²) in [6.07, 6.45) is 1.96. The van der Waals surface area contributed by atoms with Gasteiger partial charge in [-0.1, -0.05) is 20.8 Å². The van der Waals surface area contributed by atoms with E-state index in [0.717, 1.165) is 43.4 Å². The quantitative estimate of drug-likeness (QED) is 0.785. The van der Waals surface area contributed by atoms with Crippen molar-refractivity contribution in [1.29, 1.82) is 0 Å². The number of hydrogen-bond donors (Lipinski definition) is 1. The molecule has 0 fully saturated rings. The average molecular weight is 279 g/mol. The van der Waals surface area contributed by atoms with Gasteiger partial charge in [-0.3, -0.25) is 0 Å². The molecule has 1 rings (SSSR count). The highest BCUT2D eigenvalue weighted by Crippen LogP contribution is 2.19. The number of hydrogen-bond acceptors (Lipinski definition) is 5. The van der Waals surface area contributed by atoms with Gasteiger partial charge in [0.15, 0.2) is 0 Å². The van der Waals surface area contributed by atoms with Crippen molar-refractivity contribution in [3.63, 3.8) is 0 Å². The highest BCUT2D eigenvalue weighted by molar-refractivity contribution is 5.48. The summed E-state index contributed by atoms with van der Waals surface area (Å²) in [4.78, 5) is 13.6. The first-order valence-corrected chi connectivity index (χ1v) is 7.38. The smallest absolute Gasteiger partial charge is 0.131 e. The molecule has 0 aliphatic rings. The number of aromatic nitrogens is 2. The minimum atomic E-state index is 0.358. The van der Waals surface area contributed by atoms with Crippen LogP contribution in [0.1, 0.15) is 38.2 Å². The lowest BCUT2D eigenvalue weighted by Gasteiger charge is -2.24. The van der Waals surface area contributed by atoms with Gasteiger partial charge in [-0.2, -0.15) is 0 Å². The number of nitrogens with zero attached hydrogens (tertiary/aromatic N) is 4. The Labute approximate surface area is 123 Å². The molecule has 114 valence electrons. The van der Waals surface area contributed by atoms with Crippen molar-refractivity contribution < 1.29 is 0 Å². The molecular weight excluding hydrogens is 250 g/mol. The van der Waals surface area contributed by atoms with Gasteiger partial charge in [0.1, 0.15) is 5.82 Å². The second-order valence-corrected chi connectivity index (χ2v) is 5.72. The first-order valence-electron chi connectivity index (χ1n) is 7.38. The van der Waals surface area contributed by atoms with Crippen LogP contribution in [0.3, 0.4) is 0 Å². The summed E-state index contributed by atoms with van der Waals surface area (Å²) in [6, 6.07) is 0. The third-order valence-electron chi connectivity index (χ3n) is 3.22. The molecule has 0 saturated heterocycles. The first-order chi connectivity index (χ1) is 9.45. The maximum Gasteiger partial charge on any atom is 0.131 e. The van der Waals surface area contributed by atoms with Gasteiger partial charge in [0.05, 0.1) is 17.6 Å². The lowest BCUT2D eigenvalue weighted by molar-refractivity contribution is 0.416. The second kappa shape index (κ2) is 8.17. The number of rotatable bonds is 8. The molecule has 0 aromatic carbocycles. The van der Waals surface area contributed by atoms with Crippen molar-refractivity contribution in [3.8, 4) is 0 Å². The fourth-order valence-electron chi connectivity index (χ4n) is 1.87. The fourth-order valence-corrected chi connectivity index (χ4v) is 1.87. The zero-order chi connectivity index (χ0) is 15.1. The van der Waals surface area contributed by atoms with Crippen LogP contribution in [0.4, 0.5) is 5.69 Å². The highest BCUT2D eigenvalue weighted by atomic mass is 15.2. The number of likely N-dealkylation sites (N-methyl/N-ethyl adjacent to an activating group) is 2. The molecule has 1 aromatic heterocycles. The predicted octanol–water partition coefficient (Wildman–Crippen LogP) is 1.71. The zero-order valence-corrected chi connectivity index (χ0v) is 13.8. The molecule has 0 aliphatic carbocycles. The Morgan fingerprint density at radius 3 is 2.45 bits per heavy atom. The largest absolute Gasteiger partial charge is 0.371 e. The van der Waals surface area contributed by atoms with E-state index in [9.17, 15) is 0 Å². The third kappa shape index (κ3) is 5.06. The molecule has 0 atom stereocenters. The monoisotopic (exact) mass is 279 g/mol. The van der Waals surface area contributed by atoms with Crippen molar-refractivity contribution in [1.82, 2.24) is 20.2 Å². The molecule has 20 heavy (non-hydrogen) atoms. The first kappa shape index (κ1) is 16.9. The van der Waals surface area contributed by atoms with Crippen LogP contribution in [0.15, 0.2) is 6.20 Å². The van der Waals surface area contributed by atoms with Crippen molar-refractivity contribution in [2.45, 2.75) is 33.2 Å². The molecule has 5 nitrogen and oxygen atoms in total. The van der Waals surface area contributed by atoms with Crippen LogP contribution in [-0.2, 0) is 6.54 Å². The van der Waals surface area contributed by atoms with Gasteiger partial charge in [-0.15, -0.1) is 0 Å². The Morgan fingerprint density at radius 1 is 1.20 bits per heavy atom. The van der Waals surface area contributed by atoms with Crippen molar-refractivity contribution in [2.24, 2.45) is 0 Å². The minimum Gasteiger partial charge on any atom is -0.371 e. The van der Waals surface area contributed by atoms with Gasteiger partial charge < -0.3 is 15.1 Å². The van der Waals surface area contributed by atoms with E-state index in [1.807, 2.05) is 6.20 Å². The van der Waals surface area contributed by atoms with E-state index < -0.39 is 0 Å². The van der Waals surface area contributed by atoms with Crippen LogP contribution in [0.25, 0.3) is 0 Å². The summed E-state index contributed by atoms with van der Waals surface area (Å²) < 4.78 is 0.